The smallest absolute Gasteiger partial charge is 0.281 e. The SMILES string of the molecule is Cc1nnc2n(CCOc3ccc(Cl)cc3Cl)c3ccccc3n2c1=O. The van der Waals surface area contributed by atoms with Crippen LogP contribution in [0.3, 0.4) is 0 Å². The average Bonchev–Trinajstić information content (AvgIpc) is 2.94. The second-order valence-corrected chi connectivity index (χ2v) is 6.63. The Bertz CT molecular complexity index is 1180. The highest BCUT2D eigenvalue weighted by Gasteiger charge is 2.15. The van der Waals surface area contributed by atoms with Crippen molar-refractivity contribution < 1.29 is 4.74 Å². The number of aryl methyl sites for hydroxylation is 1. The first-order valence-electron chi connectivity index (χ1n) is 7.97. The second-order valence-electron chi connectivity index (χ2n) is 5.79. The summed E-state index contributed by atoms with van der Waals surface area (Å²) >= 11 is 12.0. The number of para-hydroxylation sites is 2. The zero-order chi connectivity index (χ0) is 18.3. The molecule has 0 aliphatic rings. The molecule has 8 heteroatoms. The number of hydrogen-bond donors (Lipinski definition) is 0. The Morgan fingerprint density at radius 1 is 1.08 bits per heavy atom. The third-order valence-corrected chi connectivity index (χ3v) is 4.65. The molecule has 4 aromatic rings. The standard InChI is InChI=1S/C18H14Cl2N4O2/c1-11-17(25)24-15-5-3-2-4-14(15)23(18(24)22-21-11)8-9-26-16-7-6-12(19)10-13(16)20/h2-7,10H,8-9H2,1H3. The molecule has 0 atom stereocenters. The highest BCUT2D eigenvalue weighted by atomic mass is 35.5. The van der Waals surface area contributed by atoms with Crippen molar-refractivity contribution in [2.45, 2.75) is 13.5 Å². The van der Waals surface area contributed by atoms with Crippen LogP contribution in [-0.4, -0.2) is 25.8 Å². The number of fused-ring (bicyclic) bond motifs is 3. The van der Waals surface area contributed by atoms with Crippen LogP contribution in [0.25, 0.3) is 16.8 Å². The lowest BCUT2D eigenvalue weighted by Crippen LogP contribution is -2.20. The molecule has 0 aliphatic carbocycles. The van der Waals surface area contributed by atoms with Gasteiger partial charge >= 0.3 is 0 Å². The van der Waals surface area contributed by atoms with Crippen molar-refractivity contribution in [3.63, 3.8) is 0 Å². The molecule has 0 bridgehead atoms. The lowest BCUT2D eigenvalue weighted by molar-refractivity contribution is 0.301. The highest BCUT2D eigenvalue weighted by Crippen LogP contribution is 2.27. The van der Waals surface area contributed by atoms with Gasteiger partial charge < -0.3 is 9.30 Å². The Hall–Kier alpha value is -2.57. The number of aromatic nitrogens is 4. The summed E-state index contributed by atoms with van der Waals surface area (Å²) < 4.78 is 9.26. The van der Waals surface area contributed by atoms with Crippen LogP contribution < -0.4 is 10.3 Å². The predicted octanol–water partition coefficient (Wildman–Crippen LogP) is 3.74. The van der Waals surface area contributed by atoms with Crippen molar-refractivity contribution in [3.05, 3.63) is 68.6 Å². The van der Waals surface area contributed by atoms with Crippen LogP contribution in [-0.2, 0) is 6.54 Å². The summed E-state index contributed by atoms with van der Waals surface area (Å²) in [7, 11) is 0. The molecule has 0 saturated heterocycles. The Balaban J connectivity index is 1.71. The van der Waals surface area contributed by atoms with Crippen LogP contribution in [0.15, 0.2) is 47.3 Å². The van der Waals surface area contributed by atoms with Gasteiger partial charge in [0, 0.05) is 5.02 Å². The molecule has 0 aliphatic heterocycles. The van der Waals surface area contributed by atoms with Crippen LogP contribution in [0.1, 0.15) is 5.69 Å². The van der Waals surface area contributed by atoms with E-state index in [4.69, 9.17) is 27.9 Å². The number of imidazole rings is 1. The Morgan fingerprint density at radius 2 is 1.85 bits per heavy atom. The molecule has 2 aromatic heterocycles. The summed E-state index contributed by atoms with van der Waals surface area (Å²) in [4.78, 5) is 12.5. The summed E-state index contributed by atoms with van der Waals surface area (Å²) in [6.07, 6.45) is 0. The number of benzene rings is 2. The van der Waals surface area contributed by atoms with Crippen molar-refractivity contribution in [2.24, 2.45) is 0 Å². The predicted molar refractivity (Wildman–Crippen MR) is 101 cm³/mol. The third-order valence-electron chi connectivity index (χ3n) is 4.12. The van der Waals surface area contributed by atoms with Gasteiger partial charge in [-0.1, -0.05) is 35.3 Å². The first-order chi connectivity index (χ1) is 12.6. The fourth-order valence-electron chi connectivity index (χ4n) is 2.90. The second kappa shape index (κ2) is 6.63. The maximum atomic E-state index is 12.5. The molecule has 0 saturated carbocycles. The Kier molecular flexibility index (Phi) is 4.30. The quantitative estimate of drug-likeness (QED) is 0.534. The molecular weight excluding hydrogens is 375 g/mol. The van der Waals surface area contributed by atoms with Gasteiger partial charge in [0.25, 0.3) is 5.56 Å². The fourth-order valence-corrected chi connectivity index (χ4v) is 3.36. The first-order valence-corrected chi connectivity index (χ1v) is 8.73. The van der Waals surface area contributed by atoms with Gasteiger partial charge in [0.1, 0.15) is 18.1 Å². The van der Waals surface area contributed by atoms with Crippen molar-refractivity contribution in [1.29, 1.82) is 0 Å². The van der Waals surface area contributed by atoms with Crippen LogP contribution in [0.2, 0.25) is 10.0 Å². The topological polar surface area (TPSA) is 61.4 Å². The minimum Gasteiger partial charge on any atom is -0.490 e. The summed E-state index contributed by atoms with van der Waals surface area (Å²) in [6.45, 7) is 2.48. The zero-order valence-corrected chi connectivity index (χ0v) is 15.3. The van der Waals surface area contributed by atoms with Crippen LogP contribution in [0.5, 0.6) is 5.75 Å². The molecule has 0 N–H and O–H groups in total. The normalized spacial score (nSPS) is 11.3. The molecule has 0 amide bonds. The first kappa shape index (κ1) is 16.9. The van der Waals surface area contributed by atoms with Crippen LogP contribution >= 0.6 is 23.2 Å². The Labute approximate surface area is 158 Å². The van der Waals surface area contributed by atoms with Gasteiger partial charge in [-0.3, -0.25) is 4.79 Å². The molecule has 2 heterocycles. The maximum absolute atomic E-state index is 12.5. The summed E-state index contributed by atoms with van der Waals surface area (Å²) in [5.41, 5.74) is 1.85. The van der Waals surface area contributed by atoms with E-state index in [1.165, 1.54) is 0 Å². The van der Waals surface area contributed by atoms with E-state index in [-0.39, 0.29) is 5.56 Å². The minimum absolute atomic E-state index is 0.174. The van der Waals surface area contributed by atoms with E-state index >= 15 is 0 Å². The van der Waals surface area contributed by atoms with E-state index < -0.39 is 0 Å². The van der Waals surface area contributed by atoms with Crippen LogP contribution in [0.4, 0.5) is 0 Å². The lowest BCUT2D eigenvalue weighted by Gasteiger charge is -2.10. The maximum Gasteiger partial charge on any atom is 0.281 e. The lowest BCUT2D eigenvalue weighted by atomic mass is 10.3. The largest absolute Gasteiger partial charge is 0.490 e. The number of ether oxygens (including phenoxy) is 1. The van der Waals surface area contributed by atoms with E-state index in [1.807, 2.05) is 28.8 Å². The Morgan fingerprint density at radius 3 is 2.62 bits per heavy atom. The number of nitrogens with zero attached hydrogens (tertiary/aromatic N) is 4. The van der Waals surface area contributed by atoms with Gasteiger partial charge in [0.05, 0.1) is 22.6 Å². The molecule has 0 fully saturated rings. The molecule has 0 unspecified atom stereocenters. The average molecular weight is 389 g/mol. The number of hydrogen-bond acceptors (Lipinski definition) is 4. The summed E-state index contributed by atoms with van der Waals surface area (Å²) in [5, 5.41) is 9.18. The molecule has 6 nitrogen and oxygen atoms in total. The van der Waals surface area contributed by atoms with Gasteiger partial charge in [0.15, 0.2) is 0 Å². The molecule has 132 valence electrons. The third kappa shape index (κ3) is 2.81. The molecular formula is C18H14Cl2N4O2. The molecule has 26 heavy (non-hydrogen) atoms. The minimum atomic E-state index is -0.174. The zero-order valence-electron chi connectivity index (χ0n) is 13.8. The van der Waals surface area contributed by atoms with Gasteiger partial charge in [0.2, 0.25) is 5.78 Å². The van der Waals surface area contributed by atoms with E-state index in [9.17, 15) is 4.79 Å². The number of rotatable bonds is 4. The van der Waals surface area contributed by atoms with Crippen molar-refractivity contribution in [2.75, 3.05) is 6.61 Å². The van der Waals surface area contributed by atoms with E-state index in [0.29, 0.717) is 40.4 Å². The van der Waals surface area contributed by atoms with E-state index in [2.05, 4.69) is 10.2 Å². The van der Waals surface area contributed by atoms with Crippen LogP contribution in [0, 0.1) is 6.92 Å². The van der Waals surface area contributed by atoms with Crippen molar-refractivity contribution in [1.82, 2.24) is 19.2 Å². The fraction of sp³-hybridized carbons (Fsp3) is 0.167. The highest BCUT2D eigenvalue weighted by molar-refractivity contribution is 6.35. The molecule has 0 radical (unpaired) electrons. The van der Waals surface area contributed by atoms with Crippen molar-refractivity contribution >= 4 is 40.0 Å². The van der Waals surface area contributed by atoms with Gasteiger partial charge in [-0.2, -0.15) is 0 Å². The summed E-state index contributed by atoms with van der Waals surface area (Å²) in [6, 6.07) is 12.7. The van der Waals surface area contributed by atoms with E-state index in [0.717, 1.165) is 11.0 Å². The molecule has 0 spiro atoms. The molecule has 4 rings (SSSR count). The monoisotopic (exact) mass is 388 g/mol. The number of halogens is 2. The van der Waals surface area contributed by atoms with Gasteiger partial charge in [-0.05, 0) is 37.3 Å². The molecule has 2 aromatic carbocycles. The van der Waals surface area contributed by atoms with Crippen molar-refractivity contribution in [3.8, 4) is 5.75 Å². The summed E-state index contributed by atoms with van der Waals surface area (Å²) in [5.74, 6) is 1.03. The van der Waals surface area contributed by atoms with Gasteiger partial charge in [-0.15, -0.1) is 10.2 Å². The van der Waals surface area contributed by atoms with E-state index in [1.54, 1.807) is 29.5 Å². The van der Waals surface area contributed by atoms with Gasteiger partial charge in [-0.25, -0.2) is 4.40 Å².